The van der Waals surface area contributed by atoms with E-state index in [1.165, 1.54) is 0 Å². The SMILES string of the molecule is O=C(C1CC1)N1CCC2(CC1)c1ccccc1N(CC1CC1)S2(=O)=O. The first-order valence-corrected chi connectivity index (χ1v) is 10.9. The molecule has 2 aliphatic carbocycles. The number of amides is 1. The topological polar surface area (TPSA) is 57.7 Å². The van der Waals surface area contributed by atoms with Crippen molar-refractivity contribution in [2.24, 2.45) is 11.8 Å². The molecular formula is C19H24N2O3S. The fourth-order valence-corrected chi connectivity index (χ4v) is 6.89. The third-order valence-corrected chi connectivity index (χ3v) is 8.92. The first-order valence-electron chi connectivity index (χ1n) is 9.43. The van der Waals surface area contributed by atoms with Gasteiger partial charge in [-0.2, -0.15) is 0 Å². The third kappa shape index (κ3) is 2.26. The predicted molar refractivity (Wildman–Crippen MR) is 95.6 cm³/mol. The molecule has 1 aromatic rings. The molecule has 0 radical (unpaired) electrons. The molecule has 2 saturated carbocycles. The summed E-state index contributed by atoms with van der Waals surface area (Å²) in [6.07, 6.45) is 5.29. The van der Waals surface area contributed by atoms with Gasteiger partial charge in [0.2, 0.25) is 15.9 Å². The molecule has 0 N–H and O–H groups in total. The third-order valence-electron chi connectivity index (χ3n) is 6.38. The van der Waals surface area contributed by atoms with Crippen molar-refractivity contribution in [3.63, 3.8) is 0 Å². The molecular weight excluding hydrogens is 336 g/mol. The van der Waals surface area contributed by atoms with Crippen LogP contribution >= 0.6 is 0 Å². The molecule has 2 heterocycles. The second-order valence-corrected chi connectivity index (χ2v) is 10.3. The van der Waals surface area contributed by atoms with Crippen molar-refractivity contribution in [2.45, 2.75) is 43.3 Å². The number of anilines is 1. The van der Waals surface area contributed by atoms with E-state index in [4.69, 9.17) is 0 Å². The second kappa shape index (κ2) is 5.22. The number of para-hydroxylation sites is 1. The molecule has 1 amide bonds. The molecule has 6 heteroatoms. The van der Waals surface area contributed by atoms with Crippen molar-refractivity contribution >= 4 is 21.6 Å². The first kappa shape index (κ1) is 15.7. The van der Waals surface area contributed by atoms with Gasteiger partial charge in [-0.25, -0.2) is 8.42 Å². The van der Waals surface area contributed by atoms with Gasteiger partial charge in [0.15, 0.2) is 0 Å². The van der Waals surface area contributed by atoms with Crippen LogP contribution in [0.3, 0.4) is 0 Å². The highest BCUT2D eigenvalue weighted by molar-refractivity contribution is 7.94. The van der Waals surface area contributed by atoms with Gasteiger partial charge in [0.05, 0.1) is 5.69 Å². The smallest absolute Gasteiger partial charge is 0.245 e. The Labute approximate surface area is 149 Å². The van der Waals surface area contributed by atoms with Gasteiger partial charge in [-0.1, -0.05) is 18.2 Å². The average Bonchev–Trinajstić information content (AvgIpc) is 3.52. The molecule has 0 atom stereocenters. The molecule has 25 heavy (non-hydrogen) atoms. The summed E-state index contributed by atoms with van der Waals surface area (Å²) in [5, 5.41) is 0. The number of likely N-dealkylation sites (tertiary alicyclic amines) is 1. The summed E-state index contributed by atoms with van der Waals surface area (Å²) in [5.41, 5.74) is 1.82. The number of nitrogens with zero attached hydrogens (tertiary/aromatic N) is 2. The Balaban J connectivity index is 1.49. The van der Waals surface area contributed by atoms with Crippen molar-refractivity contribution in [3.05, 3.63) is 29.8 Å². The van der Waals surface area contributed by atoms with E-state index >= 15 is 0 Å². The Hall–Kier alpha value is -1.56. The number of piperidine rings is 1. The molecule has 4 aliphatic rings. The quantitative estimate of drug-likeness (QED) is 0.832. The Morgan fingerprint density at radius 1 is 1.08 bits per heavy atom. The Morgan fingerprint density at radius 3 is 2.40 bits per heavy atom. The first-order chi connectivity index (χ1) is 12.0. The van der Waals surface area contributed by atoms with E-state index in [0.717, 1.165) is 36.9 Å². The van der Waals surface area contributed by atoms with Crippen LogP contribution in [0.2, 0.25) is 0 Å². The minimum Gasteiger partial charge on any atom is -0.342 e. The van der Waals surface area contributed by atoms with E-state index in [1.54, 1.807) is 4.31 Å². The maximum atomic E-state index is 13.5. The number of sulfonamides is 1. The monoisotopic (exact) mass is 360 g/mol. The standard InChI is InChI=1S/C19H24N2O3S/c22-18(15-7-8-15)20-11-9-19(10-12-20)16-3-1-2-4-17(16)21(25(19,23)24)13-14-5-6-14/h1-4,14-15H,5-13H2. The molecule has 0 unspecified atom stereocenters. The number of benzene rings is 1. The zero-order valence-corrected chi connectivity index (χ0v) is 15.2. The number of rotatable bonds is 3. The lowest BCUT2D eigenvalue weighted by molar-refractivity contribution is -0.133. The van der Waals surface area contributed by atoms with Gasteiger partial charge in [-0.05, 0) is 56.1 Å². The highest BCUT2D eigenvalue weighted by atomic mass is 32.2. The second-order valence-electron chi connectivity index (χ2n) is 8.09. The lowest BCUT2D eigenvalue weighted by Crippen LogP contribution is -2.50. The van der Waals surface area contributed by atoms with Crippen molar-refractivity contribution in [1.82, 2.24) is 4.90 Å². The molecule has 0 aromatic heterocycles. The van der Waals surface area contributed by atoms with Crippen molar-refractivity contribution < 1.29 is 13.2 Å². The van der Waals surface area contributed by atoms with E-state index in [0.29, 0.717) is 38.4 Å². The molecule has 3 fully saturated rings. The lowest BCUT2D eigenvalue weighted by Gasteiger charge is -2.39. The van der Waals surface area contributed by atoms with Crippen LogP contribution in [0.25, 0.3) is 0 Å². The van der Waals surface area contributed by atoms with Crippen LogP contribution in [0.1, 0.15) is 44.1 Å². The van der Waals surface area contributed by atoms with Gasteiger partial charge in [0, 0.05) is 25.6 Å². The van der Waals surface area contributed by atoms with Gasteiger partial charge in [0.1, 0.15) is 4.75 Å². The summed E-state index contributed by atoms with van der Waals surface area (Å²) in [6, 6.07) is 7.81. The summed E-state index contributed by atoms with van der Waals surface area (Å²) in [6.45, 7) is 1.73. The number of carbonyl (C=O) groups excluding carboxylic acids is 1. The minimum absolute atomic E-state index is 0.202. The van der Waals surface area contributed by atoms with Crippen molar-refractivity contribution in [1.29, 1.82) is 0 Å². The summed E-state index contributed by atoms with van der Waals surface area (Å²) in [7, 11) is -3.42. The van der Waals surface area contributed by atoms with E-state index in [9.17, 15) is 13.2 Å². The van der Waals surface area contributed by atoms with Crippen molar-refractivity contribution in [2.75, 3.05) is 23.9 Å². The normalized spacial score (nSPS) is 26.7. The predicted octanol–water partition coefficient (Wildman–Crippen LogP) is 2.47. The number of fused-ring (bicyclic) bond motifs is 2. The lowest BCUT2D eigenvalue weighted by atomic mass is 9.87. The zero-order valence-electron chi connectivity index (χ0n) is 14.4. The van der Waals surface area contributed by atoms with Crippen LogP contribution < -0.4 is 4.31 Å². The molecule has 1 aromatic carbocycles. The maximum Gasteiger partial charge on any atom is 0.245 e. The zero-order chi connectivity index (χ0) is 17.2. The summed E-state index contributed by atoms with van der Waals surface area (Å²) >= 11 is 0. The molecule has 134 valence electrons. The molecule has 5 nitrogen and oxygen atoms in total. The van der Waals surface area contributed by atoms with E-state index in [-0.39, 0.29) is 11.8 Å². The number of carbonyl (C=O) groups is 1. The van der Waals surface area contributed by atoms with Gasteiger partial charge in [-0.3, -0.25) is 9.10 Å². The average molecular weight is 360 g/mol. The highest BCUT2D eigenvalue weighted by Gasteiger charge is 2.57. The summed E-state index contributed by atoms with van der Waals surface area (Å²) < 4.78 is 27.9. The summed E-state index contributed by atoms with van der Waals surface area (Å²) in [5.74, 6) is 0.941. The number of hydrogen-bond acceptors (Lipinski definition) is 3. The van der Waals surface area contributed by atoms with Crippen LogP contribution in [0.15, 0.2) is 24.3 Å². The van der Waals surface area contributed by atoms with Gasteiger partial charge >= 0.3 is 0 Å². The Morgan fingerprint density at radius 2 is 1.76 bits per heavy atom. The summed E-state index contributed by atoms with van der Waals surface area (Å²) in [4.78, 5) is 14.2. The Bertz CT molecular complexity index is 819. The fourth-order valence-electron chi connectivity index (χ4n) is 4.49. The van der Waals surface area contributed by atoms with Gasteiger partial charge < -0.3 is 4.90 Å². The molecule has 1 spiro atoms. The molecule has 5 rings (SSSR count). The fraction of sp³-hybridized carbons (Fsp3) is 0.632. The van der Waals surface area contributed by atoms with Crippen LogP contribution in [0.4, 0.5) is 5.69 Å². The van der Waals surface area contributed by atoms with Crippen LogP contribution in [0.5, 0.6) is 0 Å². The van der Waals surface area contributed by atoms with Gasteiger partial charge in [0.25, 0.3) is 0 Å². The molecule has 2 aliphatic heterocycles. The van der Waals surface area contributed by atoms with Crippen LogP contribution in [0, 0.1) is 11.8 Å². The van der Waals surface area contributed by atoms with Gasteiger partial charge in [-0.15, -0.1) is 0 Å². The number of hydrogen-bond donors (Lipinski definition) is 0. The largest absolute Gasteiger partial charge is 0.342 e. The van der Waals surface area contributed by atoms with Crippen LogP contribution in [-0.2, 0) is 19.6 Å². The minimum atomic E-state index is -3.42. The molecule has 1 saturated heterocycles. The van der Waals surface area contributed by atoms with Crippen molar-refractivity contribution in [3.8, 4) is 0 Å². The maximum absolute atomic E-state index is 13.5. The highest BCUT2D eigenvalue weighted by Crippen LogP contribution is 2.53. The van der Waals surface area contributed by atoms with E-state index < -0.39 is 14.8 Å². The molecule has 0 bridgehead atoms. The van der Waals surface area contributed by atoms with Crippen LogP contribution in [-0.4, -0.2) is 38.9 Å². The Kier molecular flexibility index (Phi) is 3.28. The van der Waals surface area contributed by atoms with E-state index in [2.05, 4.69) is 0 Å². The van der Waals surface area contributed by atoms with E-state index in [1.807, 2.05) is 29.2 Å².